The van der Waals surface area contributed by atoms with Gasteiger partial charge >= 0.3 is 0 Å². The summed E-state index contributed by atoms with van der Waals surface area (Å²) in [6.45, 7) is 5.34. The smallest absolute Gasteiger partial charge is 0.00172 e. The van der Waals surface area contributed by atoms with Crippen LogP contribution in [0.25, 0.3) is 0 Å². The fourth-order valence-corrected chi connectivity index (χ4v) is 2.65. The highest BCUT2D eigenvalue weighted by atomic mass is 14.5. The predicted molar refractivity (Wildman–Crippen MR) is 76.8 cm³/mol. The van der Waals surface area contributed by atoms with Crippen LogP contribution in [0.15, 0.2) is 36.0 Å². The van der Waals surface area contributed by atoms with Crippen molar-refractivity contribution in [3.8, 4) is 0 Å². The van der Waals surface area contributed by atoms with Crippen LogP contribution in [0.4, 0.5) is 0 Å². The minimum atomic E-state index is 0.614. The molecule has 2 N–H and O–H groups in total. The summed E-state index contributed by atoms with van der Waals surface area (Å²) < 4.78 is 0. The van der Waals surface area contributed by atoms with Gasteiger partial charge in [-0.2, -0.15) is 0 Å². The van der Waals surface area contributed by atoms with E-state index in [1.54, 1.807) is 5.57 Å². The molecule has 1 nitrogen and oxygen atoms in total. The summed E-state index contributed by atoms with van der Waals surface area (Å²) >= 11 is 0. The van der Waals surface area contributed by atoms with Gasteiger partial charge in [0.1, 0.15) is 0 Å². The van der Waals surface area contributed by atoms with Crippen LogP contribution < -0.4 is 5.73 Å². The molecule has 0 fully saturated rings. The van der Waals surface area contributed by atoms with Crippen LogP contribution in [0.3, 0.4) is 0 Å². The number of hydrogen-bond acceptors (Lipinski definition) is 1. The van der Waals surface area contributed by atoms with Gasteiger partial charge in [0.25, 0.3) is 0 Å². The van der Waals surface area contributed by atoms with Crippen LogP contribution in [0.5, 0.6) is 0 Å². The van der Waals surface area contributed by atoms with Crippen molar-refractivity contribution in [2.75, 3.05) is 6.54 Å². The molecule has 17 heavy (non-hydrogen) atoms. The predicted octanol–water partition coefficient (Wildman–Crippen LogP) is 4.22. The van der Waals surface area contributed by atoms with Crippen molar-refractivity contribution in [1.82, 2.24) is 0 Å². The Bertz CT molecular complexity index is 286. The monoisotopic (exact) mass is 233 g/mol. The van der Waals surface area contributed by atoms with Crippen molar-refractivity contribution < 1.29 is 0 Å². The highest BCUT2D eigenvalue weighted by Crippen LogP contribution is 2.32. The number of rotatable bonds is 7. The topological polar surface area (TPSA) is 26.0 Å². The quantitative estimate of drug-likeness (QED) is 0.655. The SMILES string of the molecule is CCCC(CC)/C(=C\CCN)C1C=CC=CC1. The van der Waals surface area contributed by atoms with Crippen molar-refractivity contribution in [3.63, 3.8) is 0 Å². The van der Waals surface area contributed by atoms with E-state index in [0.717, 1.165) is 25.3 Å². The minimum Gasteiger partial charge on any atom is -0.330 e. The molecule has 1 heteroatoms. The van der Waals surface area contributed by atoms with E-state index in [-0.39, 0.29) is 0 Å². The van der Waals surface area contributed by atoms with E-state index < -0.39 is 0 Å². The van der Waals surface area contributed by atoms with Crippen LogP contribution in [0, 0.1) is 11.8 Å². The van der Waals surface area contributed by atoms with Crippen LogP contribution in [-0.2, 0) is 0 Å². The Labute approximate surface area is 106 Å². The molecular weight excluding hydrogens is 206 g/mol. The lowest BCUT2D eigenvalue weighted by atomic mass is 9.80. The third kappa shape index (κ3) is 4.51. The van der Waals surface area contributed by atoms with Crippen molar-refractivity contribution >= 4 is 0 Å². The number of nitrogens with two attached hydrogens (primary N) is 1. The lowest BCUT2D eigenvalue weighted by Gasteiger charge is -2.25. The molecule has 0 amide bonds. The van der Waals surface area contributed by atoms with E-state index >= 15 is 0 Å². The van der Waals surface area contributed by atoms with Crippen LogP contribution >= 0.6 is 0 Å². The van der Waals surface area contributed by atoms with Gasteiger partial charge in [-0.3, -0.25) is 0 Å². The molecule has 0 aromatic rings. The summed E-state index contributed by atoms with van der Waals surface area (Å²) in [5, 5.41) is 0. The second-order valence-corrected chi connectivity index (χ2v) is 4.83. The maximum atomic E-state index is 5.65. The third-order valence-electron chi connectivity index (χ3n) is 3.56. The second-order valence-electron chi connectivity index (χ2n) is 4.83. The zero-order chi connectivity index (χ0) is 12.5. The summed E-state index contributed by atoms with van der Waals surface area (Å²) in [5.41, 5.74) is 7.27. The molecule has 0 aliphatic heterocycles. The van der Waals surface area contributed by atoms with Crippen LogP contribution in [0.2, 0.25) is 0 Å². The van der Waals surface area contributed by atoms with Gasteiger partial charge in [0, 0.05) is 5.92 Å². The van der Waals surface area contributed by atoms with E-state index in [9.17, 15) is 0 Å². The standard InChI is InChI=1S/C16H27N/c1-3-9-14(4-2)16(12-8-13-17)15-10-6-5-7-11-15/h5-7,10,12,14-15H,3-4,8-9,11,13,17H2,1-2H3/b16-12+. The molecule has 96 valence electrons. The van der Waals surface area contributed by atoms with Gasteiger partial charge in [0.15, 0.2) is 0 Å². The minimum absolute atomic E-state index is 0.614. The Morgan fingerprint density at radius 2 is 2.24 bits per heavy atom. The Morgan fingerprint density at radius 1 is 1.41 bits per heavy atom. The van der Waals surface area contributed by atoms with Gasteiger partial charge in [0.2, 0.25) is 0 Å². The van der Waals surface area contributed by atoms with Gasteiger partial charge in [-0.1, -0.05) is 56.2 Å². The van der Waals surface area contributed by atoms with E-state index in [4.69, 9.17) is 5.73 Å². The summed E-state index contributed by atoms with van der Waals surface area (Å²) in [6, 6.07) is 0. The van der Waals surface area contributed by atoms with Gasteiger partial charge in [-0.05, 0) is 38.1 Å². The molecule has 0 heterocycles. The van der Waals surface area contributed by atoms with Crippen molar-refractivity contribution in [2.45, 2.75) is 46.0 Å². The van der Waals surface area contributed by atoms with E-state index in [2.05, 4.69) is 44.2 Å². The highest BCUT2D eigenvalue weighted by molar-refractivity contribution is 5.23. The van der Waals surface area contributed by atoms with Crippen molar-refractivity contribution in [1.29, 1.82) is 0 Å². The van der Waals surface area contributed by atoms with Gasteiger partial charge in [0.05, 0.1) is 0 Å². The average molecular weight is 233 g/mol. The first-order chi connectivity index (χ1) is 8.33. The highest BCUT2D eigenvalue weighted by Gasteiger charge is 2.18. The zero-order valence-corrected chi connectivity index (χ0v) is 11.4. The lowest BCUT2D eigenvalue weighted by Crippen LogP contribution is -2.13. The Morgan fingerprint density at radius 3 is 2.76 bits per heavy atom. The first kappa shape index (κ1) is 14.2. The maximum absolute atomic E-state index is 5.65. The van der Waals surface area contributed by atoms with Crippen molar-refractivity contribution in [3.05, 3.63) is 36.0 Å². The number of allylic oxidation sites excluding steroid dienone is 5. The van der Waals surface area contributed by atoms with Crippen LogP contribution in [-0.4, -0.2) is 6.54 Å². The van der Waals surface area contributed by atoms with E-state index in [0.29, 0.717) is 5.92 Å². The fourth-order valence-electron chi connectivity index (χ4n) is 2.65. The molecule has 1 aliphatic rings. The molecule has 0 radical (unpaired) electrons. The Hall–Kier alpha value is -0.820. The molecule has 0 spiro atoms. The fraction of sp³-hybridized carbons (Fsp3) is 0.625. The first-order valence-corrected chi connectivity index (χ1v) is 7.06. The Kier molecular flexibility index (Phi) is 6.95. The second kappa shape index (κ2) is 8.30. The normalized spacial score (nSPS) is 21.8. The number of hydrogen-bond donors (Lipinski definition) is 1. The molecule has 0 saturated heterocycles. The summed E-state index contributed by atoms with van der Waals surface area (Å²) in [7, 11) is 0. The Balaban J connectivity index is 2.78. The molecule has 1 rings (SSSR count). The van der Waals surface area contributed by atoms with Gasteiger partial charge in [-0.15, -0.1) is 0 Å². The first-order valence-electron chi connectivity index (χ1n) is 7.06. The van der Waals surface area contributed by atoms with Crippen LogP contribution in [0.1, 0.15) is 46.0 Å². The summed E-state index contributed by atoms with van der Waals surface area (Å²) in [6.07, 6.45) is 17.4. The largest absolute Gasteiger partial charge is 0.330 e. The van der Waals surface area contributed by atoms with Gasteiger partial charge < -0.3 is 5.73 Å². The third-order valence-corrected chi connectivity index (χ3v) is 3.56. The molecule has 0 aromatic carbocycles. The van der Waals surface area contributed by atoms with E-state index in [1.165, 1.54) is 19.3 Å². The zero-order valence-electron chi connectivity index (χ0n) is 11.4. The summed E-state index contributed by atoms with van der Waals surface area (Å²) in [5.74, 6) is 1.36. The molecule has 0 bridgehead atoms. The lowest BCUT2D eigenvalue weighted by molar-refractivity contribution is 0.486. The maximum Gasteiger partial charge on any atom is 0.00172 e. The molecule has 2 atom stereocenters. The average Bonchev–Trinajstić information content (AvgIpc) is 2.39. The molecule has 2 unspecified atom stereocenters. The van der Waals surface area contributed by atoms with Gasteiger partial charge in [-0.25, -0.2) is 0 Å². The molecule has 1 aliphatic carbocycles. The summed E-state index contributed by atoms with van der Waals surface area (Å²) in [4.78, 5) is 0. The molecule has 0 saturated carbocycles. The van der Waals surface area contributed by atoms with Crippen molar-refractivity contribution in [2.24, 2.45) is 17.6 Å². The molecule has 0 aromatic heterocycles. The van der Waals surface area contributed by atoms with E-state index in [1.807, 2.05) is 0 Å². The molecular formula is C16H27N.